The highest BCUT2D eigenvalue weighted by molar-refractivity contribution is 7.88. The molecule has 0 radical (unpaired) electrons. The lowest BCUT2D eigenvalue weighted by Gasteiger charge is -2.20. The molecule has 26 heavy (non-hydrogen) atoms. The second kappa shape index (κ2) is 8.77. The molecule has 1 amide bonds. The Hall–Kier alpha value is -2.45. The zero-order valence-corrected chi connectivity index (χ0v) is 15.4. The van der Waals surface area contributed by atoms with E-state index in [1.54, 1.807) is 31.2 Å². The van der Waals surface area contributed by atoms with Gasteiger partial charge in [0.15, 0.2) is 0 Å². The fraction of sp³-hybridized carbons (Fsp3) is 0.278. The van der Waals surface area contributed by atoms with Gasteiger partial charge < -0.3 is 10.1 Å². The third-order valence-electron chi connectivity index (χ3n) is 3.68. The van der Waals surface area contributed by atoms with Gasteiger partial charge in [-0.25, -0.2) is 12.8 Å². The summed E-state index contributed by atoms with van der Waals surface area (Å²) in [5.41, 5.74) is 0.972. The number of hydrogen-bond donors (Lipinski definition) is 1. The Morgan fingerprint density at radius 1 is 1.19 bits per heavy atom. The van der Waals surface area contributed by atoms with Crippen molar-refractivity contribution in [1.82, 2.24) is 4.31 Å². The van der Waals surface area contributed by atoms with Crippen molar-refractivity contribution >= 4 is 21.6 Å². The predicted octanol–water partition coefficient (Wildman–Crippen LogP) is 2.62. The zero-order chi connectivity index (χ0) is 19.2. The number of hydrogen-bond acceptors (Lipinski definition) is 4. The minimum atomic E-state index is -3.71. The van der Waals surface area contributed by atoms with Crippen molar-refractivity contribution < 1.29 is 22.3 Å². The van der Waals surface area contributed by atoms with E-state index in [2.05, 4.69) is 5.32 Å². The molecule has 2 rings (SSSR count). The van der Waals surface area contributed by atoms with Gasteiger partial charge in [0.05, 0.1) is 19.4 Å². The molecule has 6 nitrogen and oxygen atoms in total. The second-order valence-electron chi connectivity index (χ2n) is 5.59. The van der Waals surface area contributed by atoms with Gasteiger partial charge in [-0.05, 0) is 29.8 Å². The number of nitrogens with zero attached hydrogens (tertiary/aromatic N) is 1. The fourth-order valence-electron chi connectivity index (χ4n) is 2.35. The first-order chi connectivity index (χ1) is 12.3. The van der Waals surface area contributed by atoms with Crippen LogP contribution < -0.4 is 10.1 Å². The number of carbonyl (C=O) groups is 1. The van der Waals surface area contributed by atoms with Crippen LogP contribution >= 0.6 is 0 Å². The van der Waals surface area contributed by atoms with E-state index >= 15 is 0 Å². The molecule has 140 valence electrons. The summed E-state index contributed by atoms with van der Waals surface area (Å²) in [6, 6.07) is 12.0. The van der Waals surface area contributed by atoms with Crippen molar-refractivity contribution in [2.75, 3.05) is 25.5 Å². The van der Waals surface area contributed by atoms with Crippen LogP contribution in [0.5, 0.6) is 5.75 Å². The number of carbonyl (C=O) groups excluding carboxylic acids is 1. The molecule has 2 aromatic carbocycles. The highest BCUT2D eigenvalue weighted by Crippen LogP contribution is 2.17. The first-order valence-electron chi connectivity index (χ1n) is 8.00. The number of anilines is 1. The number of ether oxygens (including phenoxy) is 1. The van der Waals surface area contributed by atoms with E-state index in [9.17, 15) is 17.6 Å². The Balaban J connectivity index is 2.04. The average Bonchev–Trinajstić information content (AvgIpc) is 2.61. The zero-order valence-electron chi connectivity index (χ0n) is 14.6. The smallest absolute Gasteiger partial charge is 0.239 e. The Labute approximate surface area is 152 Å². The van der Waals surface area contributed by atoms with Crippen LogP contribution in [0.2, 0.25) is 0 Å². The quantitative estimate of drug-likeness (QED) is 0.764. The molecule has 0 spiro atoms. The third kappa shape index (κ3) is 5.53. The largest absolute Gasteiger partial charge is 0.497 e. The summed E-state index contributed by atoms with van der Waals surface area (Å²) in [5.74, 6) is -0.605. The van der Waals surface area contributed by atoms with Gasteiger partial charge in [-0.15, -0.1) is 0 Å². The summed E-state index contributed by atoms with van der Waals surface area (Å²) in [5, 5.41) is 2.65. The van der Waals surface area contributed by atoms with Crippen molar-refractivity contribution in [3.05, 3.63) is 59.9 Å². The van der Waals surface area contributed by atoms with Crippen molar-refractivity contribution in [3.8, 4) is 5.75 Å². The van der Waals surface area contributed by atoms with Gasteiger partial charge in [-0.3, -0.25) is 4.79 Å². The van der Waals surface area contributed by atoms with Crippen molar-refractivity contribution in [2.24, 2.45) is 0 Å². The second-order valence-corrected chi connectivity index (χ2v) is 7.56. The van der Waals surface area contributed by atoms with Crippen LogP contribution in [0.1, 0.15) is 12.5 Å². The first-order valence-corrected chi connectivity index (χ1v) is 9.61. The van der Waals surface area contributed by atoms with Gasteiger partial charge in [-0.2, -0.15) is 4.31 Å². The van der Waals surface area contributed by atoms with Gasteiger partial charge in [-0.1, -0.05) is 25.1 Å². The number of likely N-dealkylation sites (N-methyl/N-ethyl adjacent to an activating group) is 1. The molecule has 0 aliphatic heterocycles. The number of methoxy groups -OCH3 is 1. The molecule has 0 fully saturated rings. The molecule has 0 saturated carbocycles. The van der Waals surface area contributed by atoms with E-state index in [0.717, 1.165) is 4.31 Å². The average molecular weight is 380 g/mol. The van der Waals surface area contributed by atoms with Gasteiger partial charge in [0, 0.05) is 18.3 Å². The Kier molecular flexibility index (Phi) is 6.70. The van der Waals surface area contributed by atoms with E-state index in [-0.39, 0.29) is 18.8 Å². The minimum absolute atomic E-state index is 0.148. The van der Waals surface area contributed by atoms with Crippen molar-refractivity contribution in [1.29, 1.82) is 0 Å². The lowest BCUT2D eigenvalue weighted by molar-refractivity contribution is -0.116. The van der Waals surface area contributed by atoms with Crippen LogP contribution in [0, 0.1) is 5.82 Å². The number of sulfonamides is 1. The third-order valence-corrected chi connectivity index (χ3v) is 5.55. The number of halogens is 1. The molecule has 1 N–H and O–H groups in total. The summed E-state index contributed by atoms with van der Waals surface area (Å²) in [4.78, 5) is 12.2. The molecular formula is C18H21FN2O4S. The highest BCUT2D eigenvalue weighted by Gasteiger charge is 2.23. The molecule has 0 aliphatic carbocycles. The topological polar surface area (TPSA) is 75.7 Å². The summed E-state index contributed by atoms with van der Waals surface area (Å²) >= 11 is 0. The Morgan fingerprint density at radius 2 is 1.88 bits per heavy atom. The monoisotopic (exact) mass is 380 g/mol. The molecule has 0 saturated heterocycles. The van der Waals surface area contributed by atoms with Crippen molar-refractivity contribution in [2.45, 2.75) is 12.7 Å². The van der Waals surface area contributed by atoms with Crippen LogP contribution in [-0.4, -0.2) is 38.8 Å². The van der Waals surface area contributed by atoms with E-state index in [1.807, 2.05) is 0 Å². The Morgan fingerprint density at radius 3 is 2.50 bits per heavy atom. The Bertz CT molecular complexity index is 854. The minimum Gasteiger partial charge on any atom is -0.497 e. The normalized spacial score (nSPS) is 11.4. The maximum Gasteiger partial charge on any atom is 0.239 e. The van der Waals surface area contributed by atoms with E-state index < -0.39 is 21.7 Å². The van der Waals surface area contributed by atoms with Crippen LogP contribution in [0.15, 0.2) is 48.5 Å². The van der Waals surface area contributed by atoms with Crippen LogP contribution in [0.3, 0.4) is 0 Å². The summed E-state index contributed by atoms with van der Waals surface area (Å²) < 4.78 is 44.2. The standard InChI is InChI=1S/C18H21FN2O4S/c1-3-21(26(23,24)13-14-7-9-15(19)10-8-14)12-18(22)20-16-5-4-6-17(11-16)25-2/h4-11H,3,12-13H2,1-2H3,(H,20,22). The molecule has 0 atom stereocenters. The molecule has 8 heteroatoms. The molecule has 0 unspecified atom stereocenters. The highest BCUT2D eigenvalue weighted by atomic mass is 32.2. The van der Waals surface area contributed by atoms with Crippen LogP contribution in [-0.2, 0) is 20.6 Å². The maximum atomic E-state index is 13.0. The molecule has 0 bridgehead atoms. The summed E-state index contributed by atoms with van der Waals surface area (Å²) in [6.45, 7) is 1.49. The lowest BCUT2D eigenvalue weighted by Crippen LogP contribution is -2.38. The van der Waals surface area contributed by atoms with E-state index in [1.165, 1.54) is 31.4 Å². The number of rotatable bonds is 8. The van der Waals surface area contributed by atoms with Crippen LogP contribution in [0.25, 0.3) is 0 Å². The predicted molar refractivity (Wildman–Crippen MR) is 97.9 cm³/mol. The number of benzene rings is 2. The molecule has 0 aromatic heterocycles. The fourth-order valence-corrected chi connectivity index (χ4v) is 3.85. The molecule has 2 aromatic rings. The van der Waals surface area contributed by atoms with Gasteiger partial charge in [0.25, 0.3) is 0 Å². The summed E-state index contributed by atoms with van der Waals surface area (Å²) in [6.07, 6.45) is 0. The number of amides is 1. The molecule has 0 heterocycles. The number of nitrogens with one attached hydrogen (secondary N) is 1. The molecule has 0 aliphatic rings. The summed E-state index contributed by atoms with van der Waals surface area (Å²) in [7, 11) is -2.20. The maximum absolute atomic E-state index is 13.0. The lowest BCUT2D eigenvalue weighted by atomic mass is 10.2. The van der Waals surface area contributed by atoms with Crippen LogP contribution in [0.4, 0.5) is 10.1 Å². The van der Waals surface area contributed by atoms with Crippen molar-refractivity contribution in [3.63, 3.8) is 0 Å². The van der Waals surface area contributed by atoms with Gasteiger partial charge in [0.1, 0.15) is 11.6 Å². The SMILES string of the molecule is CCN(CC(=O)Nc1cccc(OC)c1)S(=O)(=O)Cc1ccc(F)cc1. The van der Waals surface area contributed by atoms with E-state index in [0.29, 0.717) is 17.0 Å². The van der Waals surface area contributed by atoms with E-state index in [4.69, 9.17) is 4.74 Å². The first kappa shape index (κ1) is 19.9. The van der Waals surface area contributed by atoms with Gasteiger partial charge in [0.2, 0.25) is 15.9 Å². The van der Waals surface area contributed by atoms with Gasteiger partial charge >= 0.3 is 0 Å². The molecular weight excluding hydrogens is 359 g/mol.